The van der Waals surface area contributed by atoms with Gasteiger partial charge in [0.15, 0.2) is 5.78 Å². The van der Waals surface area contributed by atoms with E-state index in [2.05, 4.69) is 12.7 Å². The fraction of sp³-hybridized carbons (Fsp3) is 0.467. The Morgan fingerprint density at radius 1 is 1.42 bits per heavy atom. The van der Waals surface area contributed by atoms with Gasteiger partial charge in [-0.05, 0) is 23.8 Å². The van der Waals surface area contributed by atoms with Crippen LogP contribution in [0.2, 0.25) is 0 Å². The van der Waals surface area contributed by atoms with Crippen molar-refractivity contribution in [2.24, 2.45) is 5.92 Å². The highest BCUT2D eigenvalue weighted by molar-refractivity contribution is 8.02. The van der Waals surface area contributed by atoms with E-state index in [-0.39, 0.29) is 18.3 Å². The van der Waals surface area contributed by atoms with E-state index in [1.807, 2.05) is 25.3 Å². The smallest absolute Gasteiger partial charge is 0.303 e. The molecule has 0 aliphatic carbocycles. The van der Waals surface area contributed by atoms with Crippen molar-refractivity contribution in [2.75, 3.05) is 12.4 Å². The molecule has 4 heteroatoms. The van der Waals surface area contributed by atoms with Gasteiger partial charge in [0.25, 0.3) is 0 Å². The van der Waals surface area contributed by atoms with Crippen LogP contribution in [0.1, 0.15) is 27.2 Å². The Kier molecular flexibility index (Phi) is 9.90. The summed E-state index contributed by atoms with van der Waals surface area (Å²) in [4.78, 5) is 22.3. The molecule has 3 nitrogen and oxygen atoms in total. The molecule has 0 N–H and O–H groups in total. The van der Waals surface area contributed by atoms with Gasteiger partial charge < -0.3 is 4.74 Å². The highest BCUT2D eigenvalue weighted by atomic mass is 32.2. The molecule has 0 aliphatic rings. The number of hydrogen-bond donors (Lipinski definition) is 0. The zero-order chi connectivity index (χ0) is 14.7. The molecule has 0 radical (unpaired) electrons. The van der Waals surface area contributed by atoms with Crippen LogP contribution >= 0.6 is 11.8 Å². The van der Waals surface area contributed by atoms with Crippen molar-refractivity contribution >= 4 is 23.5 Å². The Bertz CT molecular complexity index is 370. The van der Waals surface area contributed by atoms with E-state index in [0.717, 1.165) is 11.3 Å². The van der Waals surface area contributed by atoms with Gasteiger partial charge in [-0.25, -0.2) is 0 Å². The number of Topliss-reactive ketones (excluding diaryl/α,β-unsaturated/α-hetero) is 1. The summed E-state index contributed by atoms with van der Waals surface area (Å²) in [5.41, 5.74) is 1.00. The maximum absolute atomic E-state index is 11.7. The van der Waals surface area contributed by atoms with Gasteiger partial charge in [-0.3, -0.25) is 9.59 Å². The lowest BCUT2D eigenvalue weighted by Crippen LogP contribution is -2.13. The van der Waals surface area contributed by atoms with Crippen LogP contribution in [0.25, 0.3) is 0 Å². The monoisotopic (exact) mass is 282 g/mol. The standard InChI is InChI=1S/C15H22O3S/c1-5-7-8-19-11-14(12(3)6-2)9-15(17)10-18-13(4)16/h5-7,11-12H,2,8-10H2,1,3-4H3/b7-5-,14-11-. The number of carbonyl (C=O) groups excluding carboxylic acids is 2. The van der Waals surface area contributed by atoms with Crippen molar-refractivity contribution in [1.29, 1.82) is 0 Å². The fourth-order valence-electron chi connectivity index (χ4n) is 1.23. The number of thioether (sulfide) groups is 1. The average Bonchev–Trinajstić information content (AvgIpc) is 2.39. The number of carbonyl (C=O) groups is 2. The molecule has 0 amide bonds. The molecule has 0 fully saturated rings. The predicted octanol–water partition coefficient (Wildman–Crippen LogP) is 3.52. The van der Waals surface area contributed by atoms with E-state index in [0.29, 0.717) is 6.42 Å². The van der Waals surface area contributed by atoms with Gasteiger partial charge in [-0.15, -0.1) is 18.3 Å². The minimum atomic E-state index is -0.432. The topological polar surface area (TPSA) is 43.4 Å². The van der Waals surface area contributed by atoms with Crippen LogP contribution in [-0.2, 0) is 14.3 Å². The maximum atomic E-state index is 11.7. The molecule has 0 bridgehead atoms. The highest BCUT2D eigenvalue weighted by Crippen LogP contribution is 2.20. The molecule has 1 atom stereocenters. The SMILES string of the molecule is C=CC(C)/C(=C\SC/C=C\C)CC(=O)COC(C)=O. The van der Waals surface area contributed by atoms with Crippen LogP contribution in [0, 0.1) is 5.92 Å². The first-order chi connectivity index (χ1) is 9.01. The maximum Gasteiger partial charge on any atom is 0.303 e. The molecule has 0 aromatic rings. The molecule has 19 heavy (non-hydrogen) atoms. The summed E-state index contributed by atoms with van der Waals surface area (Å²) in [6, 6.07) is 0. The second kappa shape index (κ2) is 10.6. The first-order valence-corrected chi connectivity index (χ1v) is 7.25. The van der Waals surface area contributed by atoms with Crippen LogP contribution < -0.4 is 0 Å². The van der Waals surface area contributed by atoms with Gasteiger partial charge in [-0.1, -0.05) is 25.2 Å². The summed E-state index contributed by atoms with van der Waals surface area (Å²) in [5, 5.41) is 2.00. The number of ether oxygens (including phenoxy) is 1. The van der Waals surface area contributed by atoms with Crippen LogP contribution in [-0.4, -0.2) is 24.1 Å². The van der Waals surface area contributed by atoms with Crippen LogP contribution in [0.15, 0.2) is 35.8 Å². The summed E-state index contributed by atoms with van der Waals surface area (Å²) in [6.07, 6.45) is 6.14. The molecule has 0 spiro atoms. The Balaban J connectivity index is 4.45. The van der Waals surface area contributed by atoms with E-state index in [9.17, 15) is 9.59 Å². The third-order valence-corrected chi connectivity index (χ3v) is 3.29. The second-order valence-electron chi connectivity index (χ2n) is 4.12. The molecule has 0 heterocycles. The van der Waals surface area contributed by atoms with Crippen molar-refractivity contribution in [1.82, 2.24) is 0 Å². The molecule has 1 unspecified atom stereocenters. The summed E-state index contributed by atoms with van der Waals surface area (Å²) in [5.74, 6) is 0.487. The van der Waals surface area contributed by atoms with E-state index < -0.39 is 5.97 Å². The number of ketones is 1. The summed E-state index contributed by atoms with van der Waals surface area (Å²) in [7, 11) is 0. The quantitative estimate of drug-likeness (QED) is 0.369. The summed E-state index contributed by atoms with van der Waals surface area (Å²) in [6.45, 7) is 8.85. The van der Waals surface area contributed by atoms with Gasteiger partial charge in [-0.2, -0.15) is 0 Å². The zero-order valence-electron chi connectivity index (χ0n) is 11.8. The summed E-state index contributed by atoms with van der Waals surface area (Å²) >= 11 is 1.64. The lowest BCUT2D eigenvalue weighted by Gasteiger charge is -2.11. The number of rotatable bonds is 9. The Morgan fingerprint density at radius 2 is 2.11 bits per heavy atom. The molecule has 0 saturated carbocycles. The van der Waals surface area contributed by atoms with Crippen molar-refractivity contribution in [3.8, 4) is 0 Å². The normalized spacial score (nSPS) is 13.3. The first-order valence-electron chi connectivity index (χ1n) is 6.20. The van der Waals surface area contributed by atoms with Crippen LogP contribution in [0.4, 0.5) is 0 Å². The largest absolute Gasteiger partial charge is 0.458 e. The molecule has 106 valence electrons. The Labute approximate surface area is 119 Å². The van der Waals surface area contributed by atoms with Gasteiger partial charge in [0, 0.05) is 19.1 Å². The first kappa shape index (κ1) is 17.7. The molecular weight excluding hydrogens is 260 g/mol. The Hall–Kier alpha value is -1.29. The van der Waals surface area contributed by atoms with Gasteiger partial charge in [0.1, 0.15) is 6.61 Å². The third kappa shape index (κ3) is 9.31. The second-order valence-corrected chi connectivity index (χ2v) is 5.02. The van der Waals surface area contributed by atoms with Crippen molar-refractivity contribution < 1.29 is 14.3 Å². The van der Waals surface area contributed by atoms with Gasteiger partial charge in [0.2, 0.25) is 0 Å². The number of hydrogen-bond acceptors (Lipinski definition) is 4. The lowest BCUT2D eigenvalue weighted by atomic mass is 9.98. The van der Waals surface area contributed by atoms with Crippen molar-refractivity contribution in [3.63, 3.8) is 0 Å². The van der Waals surface area contributed by atoms with E-state index in [4.69, 9.17) is 4.74 Å². The molecule has 0 saturated heterocycles. The Morgan fingerprint density at radius 3 is 2.63 bits per heavy atom. The van der Waals surface area contributed by atoms with E-state index >= 15 is 0 Å². The predicted molar refractivity (Wildman–Crippen MR) is 81.0 cm³/mol. The fourth-order valence-corrected chi connectivity index (χ4v) is 2.14. The molecule has 0 aliphatic heterocycles. The zero-order valence-corrected chi connectivity index (χ0v) is 12.7. The van der Waals surface area contributed by atoms with Gasteiger partial charge >= 0.3 is 5.97 Å². The molecule has 0 rings (SSSR count). The van der Waals surface area contributed by atoms with Gasteiger partial charge in [0.05, 0.1) is 0 Å². The van der Waals surface area contributed by atoms with E-state index in [1.54, 1.807) is 17.8 Å². The van der Waals surface area contributed by atoms with Crippen molar-refractivity contribution in [2.45, 2.75) is 27.2 Å². The minimum Gasteiger partial charge on any atom is -0.458 e. The third-order valence-electron chi connectivity index (χ3n) is 2.44. The average molecular weight is 282 g/mol. The van der Waals surface area contributed by atoms with Crippen LogP contribution in [0.3, 0.4) is 0 Å². The number of esters is 1. The van der Waals surface area contributed by atoms with Crippen molar-refractivity contribution in [3.05, 3.63) is 35.8 Å². The molecule has 0 aromatic carbocycles. The highest BCUT2D eigenvalue weighted by Gasteiger charge is 2.11. The molecular formula is C15H22O3S. The number of allylic oxidation sites excluding steroid dienone is 3. The van der Waals surface area contributed by atoms with Crippen LogP contribution in [0.5, 0.6) is 0 Å². The molecule has 0 aromatic heterocycles. The summed E-state index contributed by atoms with van der Waals surface area (Å²) < 4.78 is 4.70. The lowest BCUT2D eigenvalue weighted by molar-refractivity contribution is -0.145. The minimum absolute atomic E-state index is 0.0956. The van der Waals surface area contributed by atoms with E-state index in [1.165, 1.54) is 6.92 Å².